The van der Waals surface area contributed by atoms with Crippen LogP contribution in [0.1, 0.15) is 5.56 Å². The normalized spacial score (nSPS) is 11.5. The molecule has 0 saturated carbocycles. The summed E-state index contributed by atoms with van der Waals surface area (Å²) in [7, 11) is -3.65. The maximum atomic E-state index is 11.2. The number of benzene rings is 2. The van der Waals surface area contributed by atoms with Gasteiger partial charge >= 0.3 is 0 Å². The summed E-state index contributed by atoms with van der Waals surface area (Å²) >= 11 is 5.95. The molecule has 2 rings (SSSR count). The molecule has 0 unspecified atom stereocenters. The van der Waals surface area contributed by atoms with Crippen LogP contribution in [0.4, 0.5) is 0 Å². The Morgan fingerprint density at radius 3 is 2.22 bits per heavy atom. The minimum Gasteiger partial charge on any atom is -0.225 e. The van der Waals surface area contributed by atoms with Gasteiger partial charge in [-0.1, -0.05) is 29.8 Å². The number of hydrogen-bond acceptors (Lipinski definition) is 2. The van der Waals surface area contributed by atoms with Crippen LogP contribution in [0.15, 0.2) is 47.4 Å². The smallest absolute Gasteiger partial charge is 0.225 e. The molecule has 0 spiro atoms. The van der Waals surface area contributed by atoms with Crippen molar-refractivity contribution in [3.63, 3.8) is 0 Å². The first-order valence-corrected chi connectivity index (χ1v) is 7.20. The van der Waals surface area contributed by atoms with Crippen LogP contribution in [0.3, 0.4) is 0 Å². The van der Waals surface area contributed by atoms with Gasteiger partial charge in [-0.2, -0.15) is 0 Å². The summed E-state index contributed by atoms with van der Waals surface area (Å²) < 4.78 is 22.3. The Bertz CT molecular complexity index is 679. The van der Waals surface area contributed by atoms with E-state index in [1.54, 1.807) is 12.1 Å². The van der Waals surface area contributed by atoms with Crippen molar-refractivity contribution in [2.45, 2.75) is 11.8 Å². The molecule has 0 radical (unpaired) electrons. The second-order valence-corrected chi connectivity index (χ2v) is 6.03. The number of hydrogen-bond donors (Lipinski definition) is 1. The summed E-state index contributed by atoms with van der Waals surface area (Å²) in [6.07, 6.45) is 0. The van der Waals surface area contributed by atoms with Crippen molar-refractivity contribution in [3.8, 4) is 11.1 Å². The molecule has 18 heavy (non-hydrogen) atoms. The van der Waals surface area contributed by atoms with Crippen molar-refractivity contribution in [2.24, 2.45) is 5.14 Å². The van der Waals surface area contributed by atoms with Crippen LogP contribution in [0.2, 0.25) is 5.02 Å². The van der Waals surface area contributed by atoms with E-state index in [1.165, 1.54) is 12.1 Å². The van der Waals surface area contributed by atoms with Crippen LogP contribution in [0.5, 0.6) is 0 Å². The highest BCUT2D eigenvalue weighted by atomic mass is 35.5. The molecule has 0 aliphatic heterocycles. The summed E-state index contributed by atoms with van der Waals surface area (Å²) in [4.78, 5) is 0.103. The van der Waals surface area contributed by atoms with Crippen molar-refractivity contribution in [3.05, 3.63) is 53.1 Å². The third-order valence-electron chi connectivity index (χ3n) is 2.69. The van der Waals surface area contributed by atoms with E-state index in [-0.39, 0.29) is 4.90 Å². The van der Waals surface area contributed by atoms with E-state index in [2.05, 4.69) is 0 Å². The standard InChI is InChI=1S/C13H12ClNO2S/c1-9-2-5-11(14)8-13(9)10-3-6-12(7-4-10)18(15,16)17/h2-8H,1H3,(H2,15,16,17). The van der Waals surface area contributed by atoms with Gasteiger partial charge in [0, 0.05) is 5.02 Å². The van der Waals surface area contributed by atoms with Gasteiger partial charge in [0.05, 0.1) is 4.90 Å². The minimum atomic E-state index is -3.65. The highest BCUT2D eigenvalue weighted by Gasteiger charge is 2.08. The quantitative estimate of drug-likeness (QED) is 0.920. The van der Waals surface area contributed by atoms with Crippen LogP contribution < -0.4 is 5.14 Å². The van der Waals surface area contributed by atoms with E-state index in [0.29, 0.717) is 5.02 Å². The molecule has 2 aromatic rings. The van der Waals surface area contributed by atoms with Gasteiger partial charge in [-0.3, -0.25) is 0 Å². The number of sulfonamides is 1. The lowest BCUT2D eigenvalue weighted by Crippen LogP contribution is -2.11. The van der Waals surface area contributed by atoms with Crippen LogP contribution in [-0.4, -0.2) is 8.42 Å². The Morgan fingerprint density at radius 1 is 1.06 bits per heavy atom. The zero-order valence-electron chi connectivity index (χ0n) is 9.72. The number of rotatable bonds is 2. The first-order chi connectivity index (χ1) is 8.38. The van der Waals surface area contributed by atoms with Crippen LogP contribution in [-0.2, 0) is 10.0 Å². The fourth-order valence-corrected chi connectivity index (χ4v) is 2.42. The van der Waals surface area contributed by atoms with E-state index in [4.69, 9.17) is 16.7 Å². The van der Waals surface area contributed by atoms with Gasteiger partial charge in [-0.25, -0.2) is 13.6 Å². The lowest BCUT2D eigenvalue weighted by atomic mass is 10.0. The summed E-state index contributed by atoms with van der Waals surface area (Å²) in [5.74, 6) is 0. The molecular weight excluding hydrogens is 270 g/mol. The van der Waals surface area contributed by atoms with Gasteiger partial charge in [0.2, 0.25) is 10.0 Å². The Balaban J connectivity index is 2.50. The van der Waals surface area contributed by atoms with Crippen LogP contribution in [0.25, 0.3) is 11.1 Å². The molecule has 0 amide bonds. The Morgan fingerprint density at radius 2 is 1.67 bits per heavy atom. The average Bonchev–Trinajstić information content (AvgIpc) is 2.31. The predicted molar refractivity (Wildman–Crippen MR) is 73.0 cm³/mol. The number of aryl methyl sites for hydroxylation is 1. The van der Waals surface area contributed by atoms with Crippen LogP contribution >= 0.6 is 11.6 Å². The molecule has 0 aromatic heterocycles. The zero-order valence-corrected chi connectivity index (χ0v) is 11.3. The second-order valence-electron chi connectivity index (χ2n) is 4.03. The largest absolute Gasteiger partial charge is 0.238 e. The molecule has 2 N–H and O–H groups in total. The fourth-order valence-electron chi connectivity index (χ4n) is 1.73. The second kappa shape index (κ2) is 4.72. The predicted octanol–water partition coefficient (Wildman–Crippen LogP) is 2.96. The summed E-state index contributed by atoms with van der Waals surface area (Å²) in [5.41, 5.74) is 2.95. The topological polar surface area (TPSA) is 60.2 Å². The zero-order chi connectivity index (χ0) is 13.3. The maximum Gasteiger partial charge on any atom is 0.238 e. The maximum absolute atomic E-state index is 11.2. The summed E-state index contributed by atoms with van der Waals surface area (Å²) in [6.45, 7) is 1.97. The summed E-state index contributed by atoms with van der Waals surface area (Å²) in [6, 6.07) is 12.0. The molecule has 0 heterocycles. The molecule has 0 fully saturated rings. The van der Waals surface area contributed by atoms with Crippen molar-refractivity contribution >= 4 is 21.6 Å². The van der Waals surface area contributed by atoms with Crippen molar-refractivity contribution in [1.29, 1.82) is 0 Å². The molecule has 0 aliphatic carbocycles. The van der Waals surface area contributed by atoms with Gasteiger partial charge in [0.1, 0.15) is 0 Å². The van der Waals surface area contributed by atoms with Gasteiger partial charge < -0.3 is 0 Å². The number of nitrogens with two attached hydrogens (primary N) is 1. The molecule has 0 saturated heterocycles. The monoisotopic (exact) mass is 281 g/mol. The molecule has 0 bridgehead atoms. The van der Waals surface area contributed by atoms with E-state index >= 15 is 0 Å². The molecule has 3 nitrogen and oxygen atoms in total. The van der Waals surface area contributed by atoms with E-state index in [0.717, 1.165) is 16.7 Å². The summed E-state index contributed by atoms with van der Waals surface area (Å²) in [5, 5.41) is 5.70. The van der Waals surface area contributed by atoms with Crippen molar-refractivity contribution in [2.75, 3.05) is 0 Å². The number of primary sulfonamides is 1. The minimum absolute atomic E-state index is 0.103. The molecule has 94 valence electrons. The highest BCUT2D eigenvalue weighted by molar-refractivity contribution is 7.89. The Labute approximate surface area is 111 Å². The van der Waals surface area contributed by atoms with Gasteiger partial charge in [-0.15, -0.1) is 0 Å². The van der Waals surface area contributed by atoms with Crippen LogP contribution in [0, 0.1) is 6.92 Å². The van der Waals surface area contributed by atoms with Crippen molar-refractivity contribution in [1.82, 2.24) is 0 Å². The van der Waals surface area contributed by atoms with Crippen molar-refractivity contribution < 1.29 is 8.42 Å². The van der Waals surface area contributed by atoms with Gasteiger partial charge in [0.25, 0.3) is 0 Å². The lowest BCUT2D eigenvalue weighted by molar-refractivity contribution is 0.598. The first-order valence-electron chi connectivity index (χ1n) is 5.27. The molecule has 0 aliphatic rings. The Hall–Kier alpha value is -1.36. The molecule has 5 heteroatoms. The third kappa shape index (κ3) is 2.72. The van der Waals surface area contributed by atoms with Gasteiger partial charge in [-0.05, 0) is 47.9 Å². The molecule has 2 aromatic carbocycles. The average molecular weight is 282 g/mol. The highest BCUT2D eigenvalue weighted by Crippen LogP contribution is 2.27. The Kier molecular flexibility index (Phi) is 3.43. The van der Waals surface area contributed by atoms with E-state index < -0.39 is 10.0 Å². The molecule has 0 atom stereocenters. The van der Waals surface area contributed by atoms with E-state index in [1.807, 2.05) is 25.1 Å². The third-order valence-corrected chi connectivity index (χ3v) is 3.86. The fraction of sp³-hybridized carbons (Fsp3) is 0.0769. The SMILES string of the molecule is Cc1ccc(Cl)cc1-c1ccc(S(N)(=O)=O)cc1. The first kappa shape index (κ1) is 13.1. The number of halogens is 1. The lowest BCUT2D eigenvalue weighted by Gasteiger charge is -2.07. The van der Waals surface area contributed by atoms with E-state index in [9.17, 15) is 8.42 Å². The van der Waals surface area contributed by atoms with Gasteiger partial charge in [0.15, 0.2) is 0 Å². The molecular formula is C13H12ClNO2S.